The van der Waals surface area contributed by atoms with E-state index in [-0.39, 0.29) is 55.5 Å². The van der Waals surface area contributed by atoms with Gasteiger partial charge in [0.15, 0.2) is 0 Å². The first-order valence-corrected chi connectivity index (χ1v) is 25.8. The molecule has 0 unspecified atom stereocenters. The van der Waals surface area contributed by atoms with Crippen molar-refractivity contribution in [3.8, 4) is 22.3 Å². The van der Waals surface area contributed by atoms with Crippen LogP contribution in [0.5, 0.6) is 0 Å². The summed E-state index contributed by atoms with van der Waals surface area (Å²) in [4.78, 5) is 0. The molecule has 0 heterocycles. The molecule has 0 spiro atoms. The Morgan fingerprint density at radius 3 is 1.04 bits per heavy atom. The zero-order valence-electron chi connectivity index (χ0n) is 37.6. The Morgan fingerprint density at radius 2 is 0.779 bits per heavy atom. The molecule has 2 aliphatic carbocycles. The van der Waals surface area contributed by atoms with Gasteiger partial charge in [0.05, 0.1) is 22.3 Å². The zero-order chi connectivity index (χ0) is 47.7. The maximum absolute atomic E-state index is 13.3. The van der Waals surface area contributed by atoms with E-state index in [9.17, 15) is 52.7 Å². The first kappa shape index (κ1) is 61.1. The van der Waals surface area contributed by atoms with E-state index in [0.29, 0.717) is 33.7 Å². The standard InChI is InChI=1S/2C24H21F6.C3H7.CH3.2ClH.Si.Zr/c2*25-23(26,27)19-12-18(13-20(14-19)24(28,29)30)21-8-4-7-17-10-16(11-22(17)21)9-15-5-2-1-3-6-15;1-3-2;;;;;/h2*4,7-8,10-15H,1-3,5-6,9H2;1,3H2,2H3;1H3;2*1H;;/q4*-1;;;;. The van der Waals surface area contributed by atoms with E-state index in [1.165, 1.54) is 61.9 Å². The molecule has 6 aromatic carbocycles. The van der Waals surface area contributed by atoms with Gasteiger partial charge < -0.3 is 14.4 Å². The van der Waals surface area contributed by atoms with Crippen LogP contribution in [0.4, 0.5) is 52.7 Å². The second-order valence-electron chi connectivity index (χ2n) is 16.8. The quantitative estimate of drug-likeness (QED) is 0.0886. The fourth-order valence-corrected chi connectivity index (χ4v) is 9.00. The summed E-state index contributed by atoms with van der Waals surface area (Å²) in [5, 5.41) is 3.06. The first-order chi connectivity index (χ1) is 30.6. The van der Waals surface area contributed by atoms with Crippen LogP contribution in [0.25, 0.3) is 43.8 Å². The fraction of sp³-hybridized carbons (Fsp3) is 0.385. The van der Waals surface area contributed by atoms with Gasteiger partial charge in [0.1, 0.15) is 0 Å². The predicted octanol–water partition coefficient (Wildman–Crippen LogP) is 18.9. The molecule has 68 heavy (non-hydrogen) atoms. The topological polar surface area (TPSA) is 0 Å². The Balaban J connectivity index is 0.000000410. The number of fused-ring (bicyclic) bond motifs is 2. The molecule has 0 aliphatic heterocycles. The van der Waals surface area contributed by atoms with Gasteiger partial charge in [0, 0.05) is 0 Å². The van der Waals surface area contributed by atoms with Crippen molar-refractivity contribution in [2.24, 2.45) is 11.8 Å². The fourth-order valence-electron chi connectivity index (χ4n) is 9.00. The van der Waals surface area contributed by atoms with Gasteiger partial charge in [-0.1, -0.05) is 94.4 Å². The molecule has 0 saturated heterocycles. The molecule has 6 aromatic rings. The van der Waals surface area contributed by atoms with Crippen molar-refractivity contribution in [1.82, 2.24) is 0 Å². The van der Waals surface area contributed by atoms with Crippen LogP contribution in [0.3, 0.4) is 0 Å². The van der Waals surface area contributed by atoms with Gasteiger partial charge in [0.2, 0.25) is 0 Å². The molecule has 2 radical (unpaired) electrons. The summed E-state index contributed by atoms with van der Waals surface area (Å²) < 4.78 is 159. The van der Waals surface area contributed by atoms with Crippen LogP contribution in [0, 0.1) is 26.2 Å². The molecule has 0 N–H and O–H groups in total. The molecular formula is C52H54Cl2F12SiZr-4. The van der Waals surface area contributed by atoms with Gasteiger partial charge in [-0.25, -0.2) is 0 Å². The van der Waals surface area contributed by atoms with Crippen LogP contribution < -0.4 is 0 Å². The summed E-state index contributed by atoms with van der Waals surface area (Å²) in [6.45, 7) is 8.56. The average Bonchev–Trinajstić information content (AvgIpc) is 3.87. The number of alkyl halides is 12. The molecule has 2 saturated carbocycles. The monoisotopic (exact) mass is 1090 g/mol. The van der Waals surface area contributed by atoms with Gasteiger partial charge in [-0.2, -0.15) is 71.2 Å². The molecule has 0 atom stereocenters. The van der Waals surface area contributed by atoms with E-state index in [1.807, 2.05) is 43.3 Å². The van der Waals surface area contributed by atoms with Crippen LogP contribution in [0.2, 0.25) is 0 Å². The van der Waals surface area contributed by atoms with E-state index >= 15 is 0 Å². The summed E-state index contributed by atoms with van der Waals surface area (Å²) in [7, 11) is 0. The Labute approximate surface area is 420 Å². The van der Waals surface area contributed by atoms with Crippen molar-refractivity contribution in [1.29, 1.82) is 0 Å². The molecule has 0 aromatic heterocycles. The van der Waals surface area contributed by atoms with Crippen molar-refractivity contribution >= 4 is 53.2 Å². The second-order valence-corrected chi connectivity index (χ2v) is 16.8. The van der Waals surface area contributed by atoms with Gasteiger partial charge in [0.25, 0.3) is 0 Å². The first-order valence-electron chi connectivity index (χ1n) is 21.6. The molecule has 16 heteroatoms. The molecule has 0 nitrogen and oxygen atoms in total. The van der Waals surface area contributed by atoms with E-state index in [1.54, 1.807) is 24.3 Å². The maximum atomic E-state index is 13.3. The second kappa shape index (κ2) is 26.4. The Bertz CT molecular complexity index is 2230. The Kier molecular flexibility index (Phi) is 23.7. The van der Waals surface area contributed by atoms with Crippen molar-refractivity contribution < 1.29 is 76.0 Å². The third-order valence-electron chi connectivity index (χ3n) is 11.9. The molecule has 8 rings (SSSR count). The number of halogens is 14. The van der Waals surface area contributed by atoms with Gasteiger partial charge in [-0.05, 0) is 72.2 Å². The third-order valence-corrected chi connectivity index (χ3v) is 11.9. The van der Waals surface area contributed by atoms with E-state index in [0.717, 1.165) is 91.1 Å². The van der Waals surface area contributed by atoms with Gasteiger partial charge >= 0.3 is 54.9 Å². The van der Waals surface area contributed by atoms with E-state index in [2.05, 4.69) is 13.8 Å². The summed E-state index contributed by atoms with van der Waals surface area (Å²) in [6.07, 6.45) is -4.66. The average molecular weight is 1100 g/mol. The number of hydrogen-bond acceptors (Lipinski definition) is 0. The SMILES string of the molecule is Cl.Cl.FC(F)(F)c1cc(-c2cccc3[cH-]c(CC4CCCCC4)cc23)cc(C(F)(F)F)c1.FC(F)(F)c1cc(-c2cccc3[cH-]c(CC4CCCCC4)cc23)cc(C(F)(F)F)c1.[CH2-]CC.[CH3-].[Si]=[Zr]. The Morgan fingerprint density at radius 1 is 0.500 bits per heavy atom. The molecule has 372 valence electrons. The van der Waals surface area contributed by atoms with Gasteiger partial charge in [-0.3, -0.25) is 0 Å². The molecule has 2 aliphatic rings. The van der Waals surface area contributed by atoms with Crippen molar-refractivity contribution in [2.75, 3.05) is 0 Å². The molecule has 2 fully saturated rings. The van der Waals surface area contributed by atoms with Crippen molar-refractivity contribution in [3.63, 3.8) is 0 Å². The molecule has 0 amide bonds. The van der Waals surface area contributed by atoms with Gasteiger partial charge in [-0.15, -0.1) is 93.9 Å². The summed E-state index contributed by atoms with van der Waals surface area (Å²) in [5.41, 5.74) is -2.36. The van der Waals surface area contributed by atoms with Crippen LogP contribution in [-0.4, -0.2) is 6.88 Å². The van der Waals surface area contributed by atoms with Crippen LogP contribution in [-0.2, 0) is 60.9 Å². The van der Waals surface area contributed by atoms with Crippen LogP contribution >= 0.6 is 24.8 Å². The predicted molar refractivity (Wildman–Crippen MR) is 253 cm³/mol. The summed E-state index contributed by atoms with van der Waals surface area (Å²) >= 11 is 1.36. The molecule has 0 bridgehead atoms. The normalized spacial score (nSPS) is 14.7. The van der Waals surface area contributed by atoms with E-state index in [4.69, 9.17) is 0 Å². The third kappa shape index (κ3) is 16.5. The Hall–Kier alpha value is -3.06. The number of hydrogen-bond donors (Lipinski definition) is 0. The van der Waals surface area contributed by atoms with Crippen molar-refractivity contribution in [3.05, 3.63) is 145 Å². The zero-order valence-corrected chi connectivity index (χ0v) is 42.7. The minimum atomic E-state index is -4.86. The number of benzene rings is 4. The van der Waals surface area contributed by atoms with Crippen LogP contribution in [0.15, 0.2) is 97.1 Å². The number of rotatable bonds is 6. The van der Waals surface area contributed by atoms with Crippen LogP contribution in [0.1, 0.15) is 111 Å². The minimum absolute atomic E-state index is 0. The van der Waals surface area contributed by atoms with Crippen molar-refractivity contribution in [2.45, 2.75) is 115 Å². The van der Waals surface area contributed by atoms with E-state index < -0.39 is 47.0 Å². The summed E-state index contributed by atoms with van der Waals surface area (Å²) in [6, 6.07) is 21.6. The summed E-state index contributed by atoms with van der Waals surface area (Å²) in [5.74, 6) is 1.17. The molecular weight excluding hydrogens is 1040 g/mol.